The van der Waals surface area contributed by atoms with E-state index in [4.69, 9.17) is 4.74 Å². The highest BCUT2D eigenvalue weighted by Crippen LogP contribution is 2.21. The number of halogens is 2. The Bertz CT molecular complexity index is 658. The Labute approximate surface area is 127 Å². The molecular weight excluding hydrogens is 318 g/mol. The SMILES string of the molecule is CCOC(=O)N1CCN(S(=O)(=O)c2cc(F)ccc2F)CC1. The largest absolute Gasteiger partial charge is 0.450 e. The molecule has 0 spiro atoms. The van der Waals surface area contributed by atoms with E-state index in [1.165, 1.54) is 4.90 Å². The Morgan fingerprint density at radius 3 is 2.45 bits per heavy atom. The smallest absolute Gasteiger partial charge is 0.409 e. The minimum atomic E-state index is -4.14. The normalized spacial score (nSPS) is 16.6. The molecule has 1 fully saturated rings. The zero-order chi connectivity index (χ0) is 16.3. The van der Waals surface area contributed by atoms with E-state index in [9.17, 15) is 22.0 Å². The van der Waals surface area contributed by atoms with Crippen molar-refractivity contribution in [1.29, 1.82) is 0 Å². The molecule has 122 valence electrons. The maximum absolute atomic E-state index is 13.7. The van der Waals surface area contributed by atoms with E-state index in [1.807, 2.05) is 0 Å². The molecule has 1 saturated heterocycles. The van der Waals surface area contributed by atoms with E-state index in [-0.39, 0.29) is 32.8 Å². The molecule has 1 aromatic carbocycles. The Kier molecular flexibility index (Phi) is 4.97. The van der Waals surface area contributed by atoms with Gasteiger partial charge in [-0.2, -0.15) is 4.31 Å². The maximum Gasteiger partial charge on any atom is 0.409 e. The highest BCUT2D eigenvalue weighted by atomic mass is 32.2. The molecule has 1 aromatic rings. The highest BCUT2D eigenvalue weighted by molar-refractivity contribution is 7.89. The summed E-state index contributed by atoms with van der Waals surface area (Å²) in [5.41, 5.74) is 0. The molecule has 1 aliphatic rings. The number of benzene rings is 1. The summed E-state index contributed by atoms with van der Waals surface area (Å²) < 4.78 is 57.4. The van der Waals surface area contributed by atoms with Crippen LogP contribution in [-0.2, 0) is 14.8 Å². The Hall–Kier alpha value is -1.74. The molecule has 0 radical (unpaired) electrons. The fourth-order valence-corrected chi connectivity index (χ4v) is 3.64. The molecule has 22 heavy (non-hydrogen) atoms. The van der Waals surface area contributed by atoms with Crippen LogP contribution in [-0.4, -0.2) is 56.5 Å². The van der Waals surface area contributed by atoms with Gasteiger partial charge in [0, 0.05) is 26.2 Å². The van der Waals surface area contributed by atoms with Crippen molar-refractivity contribution in [2.45, 2.75) is 11.8 Å². The van der Waals surface area contributed by atoms with E-state index < -0.39 is 32.6 Å². The molecule has 1 amide bonds. The van der Waals surface area contributed by atoms with Crippen LogP contribution in [0.5, 0.6) is 0 Å². The minimum absolute atomic E-state index is 0.00288. The number of rotatable bonds is 3. The first-order chi connectivity index (χ1) is 10.4. The molecule has 0 atom stereocenters. The maximum atomic E-state index is 13.7. The third-order valence-electron chi connectivity index (χ3n) is 3.28. The lowest BCUT2D eigenvalue weighted by Crippen LogP contribution is -2.50. The van der Waals surface area contributed by atoms with Gasteiger partial charge in [-0.3, -0.25) is 0 Å². The predicted molar refractivity (Wildman–Crippen MR) is 73.7 cm³/mol. The van der Waals surface area contributed by atoms with E-state index in [1.54, 1.807) is 6.92 Å². The first-order valence-corrected chi connectivity index (χ1v) is 8.17. The van der Waals surface area contributed by atoms with Crippen LogP contribution in [0.2, 0.25) is 0 Å². The van der Waals surface area contributed by atoms with E-state index >= 15 is 0 Å². The predicted octanol–water partition coefficient (Wildman–Crippen LogP) is 1.43. The molecule has 0 aromatic heterocycles. The van der Waals surface area contributed by atoms with Crippen molar-refractivity contribution in [3.8, 4) is 0 Å². The third-order valence-corrected chi connectivity index (χ3v) is 5.19. The molecule has 1 aliphatic heterocycles. The van der Waals surface area contributed by atoms with Gasteiger partial charge in [0.1, 0.15) is 16.5 Å². The number of carbonyl (C=O) groups is 1. The Morgan fingerprint density at radius 1 is 1.23 bits per heavy atom. The van der Waals surface area contributed by atoms with Crippen molar-refractivity contribution >= 4 is 16.1 Å². The second-order valence-corrected chi connectivity index (χ2v) is 6.57. The minimum Gasteiger partial charge on any atom is -0.450 e. The van der Waals surface area contributed by atoms with Crippen molar-refractivity contribution < 1.29 is 26.7 Å². The average molecular weight is 334 g/mol. The van der Waals surface area contributed by atoms with Crippen LogP contribution < -0.4 is 0 Å². The second-order valence-electron chi connectivity index (χ2n) is 4.66. The van der Waals surface area contributed by atoms with Gasteiger partial charge < -0.3 is 9.64 Å². The van der Waals surface area contributed by atoms with Gasteiger partial charge in [-0.05, 0) is 25.1 Å². The van der Waals surface area contributed by atoms with Crippen LogP contribution in [0.25, 0.3) is 0 Å². The molecule has 0 bridgehead atoms. The number of ether oxygens (including phenoxy) is 1. The van der Waals surface area contributed by atoms with Crippen LogP contribution in [0.3, 0.4) is 0 Å². The summed E-state index contributed by atoms with van der Waals surface area (Å²) in [6.45, 7) is 2.16. The third kappa shape index (κ3) is 3.36. The second kappa shape index (κ2) is 6.57. The number of hydrogen-bond acceptors (Lipinski definition) is 4. The van der Waals surface area contributed by atoms with Crippen molar-refractivity contribution in [1.82, 2.24) is 9.21 Å². The van der Waals surface area contributed by atoms with Gasteiger partial charge in [-0.15, -0.1) is 0 Å². The van der Waals surface area contributed by atoms with Crippen LogP contribution in [0.1, 0.15) is 6.92 Å². The van der Waals surface area contributed by atoms with Gasteiger partial charge in [0.25, 0.3) is 0 Å². The molecule has 6 nitrogen and oxygen atoms in total. The summed E-state index contributed by atoms with van der Waals surface area (Å²) in [7, 11) is -4.14. The molecule has 0 aliphatic carbocycles. The lowest BCUT2D eigenvalue weighted by Gasteiger charge is -2.33. The molecule has 0 unspecified atom stereocenters. The number of piperazine rings is 1. The zero-order valence-corrected chi connectivity index (χ0v) is 12.8. The van der Waals surface area contributed by atoms with Crippen LogP contribution in [0.15, 0.2) is 23.1 Å². The number of carbonyl (C=O) groups excluding carboxylic acids is 1. The van der Waals surface area contributed by atoms with Crippen molar-refractivity contribution in [2.24, 2.45) is 0 Å². The summed E-state index contributed by atoms with van der Waals surface area (Å²) in [4.78, 5) is 12.2. The standard InChI is InChI=1S/C13H16F2N2O4S/c1-2-21-13(18)16-5-7-17(8-6-16)22(19,20)12-9-10(14)3-4-11(12)15/h3-4,9H,2,5-8H2,1H3. The summed E-state index contributed by atoms with van der Waals surface area (Å²) in [5, 5.41) is 0. The molecule has 9 heteroatoms. The van der Waals surface area contributed by atoms with E-state index in [0.717, 1.165) is 16.4 Å². The highest BCUT2D eigenvalue weighted by Gasteiger charge is 2.32. The lowest BCUT2D eigenvalue weighted by atomic mass is 10.3. The fourth-order valence-electron chi connectivity index (χ4n) is 2.14. The van der Waals surface area contributed by atoms with Gasteiger partial charge >= 0.3 is 6.09 Å². The van der Waals surface area contributed by atoms with Crippen LogP contribution >= 0.6 is 0 Å². The first kappa shape index (κ1) is 16.6. The molecule has 2 rings (SSSR count). The van der Waals surface area contributed by atoms with Crippen molar-refractivity contribution in [3.05, 3.63) is 29.8 Å². The average Bonchev–Trinajstić information content (AvgIpc) is 2.50. The van der Waals surface area contributed by atoms with Gasteiger partial charge in [-0.1, -0.05) is 0 Å². The van der Waals surface area contributed by atoms with Crippen LogP contribution in [0, 0.1) is 11.6 Å². The topological polar surface area (TPSA) is 66.9 Å². The van der Waals surface area contributed by atoms with Crippen LogP contribution in [0.4, 0.5) is 13.6 Å². The van der Waals surface area contributed by atoms with Crippen molar-refractivity contribution in [3.63, 3.8) is 0 Å². The number of sulfonamides is 1. The zero-order valence-electron chi connectivity index (χ0n) is 12.0. The molecule has 0 saturated carbocycles. The van der Waals surface area contributed by atoms with Gasteiger partial charge in [-0.25, -0.2) is 22.0 Å². The van der Waals surface area contributed by atoms with E-state index in [2.05, 4.69) is 0 Å². The number of hydrogen-bond donors (Lipinski definition) is 0. The summed E-state index contributed by atoms with van der Waals surface area (Å²) in [6.07, 6.45) is -0.517. The fraction of sp³-hybridized carbons (Fsp3) is 0.462. The molecule has 1 heterocycles. The quantitative estimate of drug-likeness (QED) is 0.839. The summed E-state index contributed by atoms with van der Waals surface area (Å²) in [5.74, 6) is -1.83. The molecular formula is C13H16F2N2O4S. The first-order valence-electron chi connectivity index (χ1n) is 6.73. The monoisotopic (exact) mass is 334 g/mol. The summed E-state index contributed by atoms with van der Waals surface area (Å²) >= 11 is 0. The summed E-state index contributed by atoms with van der Waals surface area (Å²) in [6, 6.07) is 2.28. The van der Waals surface area contributed by atoms with Gasteiger partial charge in [0.2, 0.25) is 10.0 Å². The Morgan fingerprint density at radius 2 is 1.86 bits per heavy atom. The molecule has 0 N–H and O–H groups in total. The number of nitrogens with zero attached hydrogens (tertiary/aromatic N) is 2. The van der Waals surface area contributed by atoms with Gasteiger partial charge in [0.15, 0.2) is 0 Å². The van der Waals surface area contributed by atoms with Gasteiger partial charge in [0.05, 0.1) is 6.61 Å². The lowest BCUT2D eigenvalue weighted by molar-refractivity contribution is 0.0933. The van der Waals surface area contributed by atoms with Crippen molar-refractivity contribution in [2.75, 3.05) is 32.8 Å². The Balaban J connectivity index is 2.13. The number of amides is 1. The van der Waals surface area contributed by atoms with E-state index in [0.29, 0.717) is 6.07 Å².